The zero-order chi connectivity index (χ0) is 8.72. The van der Waals surface area contributed by atoms with Crippen LogP contribution in [0.3, 0.4) is 0 Å². The van der Waals surface area contributed by atoms with E-state index in [0.29, 0.717) is 0 Å². The zero-order valence-electron chi connectivity index (χ0n) is 7.37. The maximum Gasteiger partial charge on any atom is 0.161 e. The van der Waals surface area contributed by atoms with Crippen LogP contribution in [0.4, 0.5) is 0 Å². The standard InChI is InChI=1S/C8H10N4/c1-5-7-6(2)11-12(3)8(7)10-4-9-5/h4H,1-3H3. The van der Waals surface area contributed by atoms with Gasteiger partial charge in [-0.2, -0.15) is 5.10 Å². The van der Waals surface area contributed by atoms with Crippen LogP contribution in [0.1, 0.15) is 11.4 Å². The summed E-state index contributed by atoms with van der Waals surface area (Å²) in [5.74, 6) is 0. The molecule has 0 radical (unpaired) electrons. The van der Waals surface area contributed by atoms with Crippen LogP contribution in [0.15, 0.2) is 6.33 Å². The third kappa shape index (κ3) is 0.809. The summed E-state index contributed by atoms with van der Waals surface area (Å²) in [6.45, 7) is 3.94. The lowest BCUT2D eigenvalue weighted by molar-refractivity contribution is 0.773. The molecule has 2 aromatic rings. The highest BCUT2D eigenvalue weighted by molar-refractivity contribution is 5.80. The highest BCUT2D eigenvalue weighted by atomic mass is 15.3. The fourth-order valence-electron chi connectivity index (χ4n) is 1.45. The van der Waals surface area contributed by atoms with Crippen molar-refractivity contribution in [2.45, 2.75) is 13.8 Å². The van der Waals surface area contributed by atoms with Crippen molar-refractivity contribution in [2.75, 3.05) is 0 Å². The minimum Gasteiger partial charge on any atom is -0.250 e. The van der Waals surface area contributed by atoms with Crippen molar-refractivity contribution in [1.29, 1.82) is 0 Å². The lowest BCUT2D eigenvalue weighted by Gasteiger charge is -1.93. The van der Waals surface area contributed by atoms with E-state index in [1.165, 1.54) is 0 Å². The Balaban J connectivity index is 2.99. The van der Waals surface area contributed by atoms with Crippen LogP contribution in [-0.4, -0.2) is 19.7 Å². The average Bonchev–Trinajstić information content (AvgIpc) is 2.29. The third-order valence-corrected chi connectivity index (χ3v) is 1.99. The predicted octanol–water partition coefficient (Wildman–Crippen LogP) is 0.980. The molecule has 0 saturated heterocycles. The summed E-state index contributed by atoms with van der Waals surface area (Å²) < 4.78 is 1.78. The SMILES string of the molecule is Cc1ncnc2c1c(C)nn2C. The molecule has 0 N–H and O–H groups in total. The first-order valence-electron chi connectivity index (χ1n) is 3.81. The second-order valence-corrected chi connectivity index (χ2v) is 2.87. The van der Waals surface area contributed by atoms with Gasteiger partial charge < -0.3 is 0 Å². The van der Waals surface area contributed by atoms with Gasteiger partial charge in [-0.3, -0.25) is 4.68 Å². The summed E-state index contributed by atoms with van der Waals surface area (Å²) in [7, 11) is 1.89. The number of rotatable bonds is 0. The molecule has 0 fully saturated rings. The van der Waals surface area contributed by atoms with E-state index in [-0.39, 0.29) is 0 Å². The van der Waals surface area contributed by atoms with Crippen LogP contribution in [0.25, 0.3) is 11.0 Å². The molecular formula is C8H10N4. The summed E-state index contributed by atoms with van der Waals surface area (Å²) in [4.78, 5) is 8.27. The van der Waals surface area contributed by atoms with Gasteiger partial charge in [0.15, 0.2) is 5.65 Å². The van der Waals surface area contributed by atoms with E-state index in [0.717, 1.165) is 22.4 Å². The first kappa shape index (κ1) is 7.21. The average molecular weight is 162 g/mol. The lowest BCUT2D eigenvalue weighted by Crippen LogP contribution is -1.92. The number of fused-ring (bicyclic) bond motifs is 1. The van der Waals surface area contributed by atoms with E-state index >= 15 is 0 Å². The zero-order valence-corrected chi connectivity index (χ0v) is 7.37. The van der Waals surface area contributed by atoms with Crippen LogP contribution < -0.4 is 0 Å². The van der Waals surface area contributed by atoms with E-state index < -0.39 is 0 Å². The molecule has 4 heteroatoms. The summed E-state index contributed by atoms with van der Waals surface area (Å²) in [5, 5.41) is 5.33. The molecule has 0 bridgehead atoms. The number of hydrogen-bond donors (Lipinski definition) is 0. The number of aryl methyl sites for hydroxylation is 3. The molecule has 4 nitrogen and oxygen atoms in total. The molecule has 0 aliphatic carbocycles. The lowest BCUT2D eigenvalue weighted by atomic mass is 10.2. The minimum atomic E-state index is 0.903. The normalized spacial score (nSPS) is 10.9. The van der Waals surface area contributed by atoms with Gasteiger partial charge in [0, 0.05) is 7.05 Å². The molecular weight excluding hydrogens is 152 g/mol. The van der Waals surface area contributed by atoms with E-state index in [2.05, 4.69) is 15.1 Å². The van der Waals surface area contributed by atoms with Crippen molar-refractivity contribution in [2.24, 2.45) is 7.05 Å². The van der Waals surface area contributed by atoms with Gasteiger partial charge in [0.1, 0.15) is 6.33 Å². The van der Waals surface area contributed by atoms with Gasteiger partial charge >= 0.3 is 0 Å². The molecule has 0 aromatic carbocycles. The van der Waals surface area contributed by atoms with Crippen LogP contribution in [0, 0.1) is 13.8 Å². The van der Waals surface area contributed by atoms with Crippen molar-refractivity contribution in [1.82, 2.24) is 19.7 Å². The number of nitrogens with zero attached hydrogens (tertiary/aromatic N) is 4. The van der Waals surface area contributed by atoms with Gasteiger partial charge in [0.25, 0.3) is 0 Å². The molecule has 0 atom stereocenters. The largest absolute Gasteiger partial charge is 0.250 e. The Labute approximate surface area is 70.3 Å². The molecule has 0 spiro atoms. The van der Waals surface area contributed by atoms with Gasteiger partial charge in [-0.25, -0.2) is 9.97 Å². The Hall–Kier alpha value is -1.45. The molecule has 12 heavy (non-hydrogen) atoms. The highest BCUT2D eigenvalue weighted by Gasteiger charge is 2.07. The first-order valence-corrected chi connectivity index (χ1v) is 3.81. The van der Waals surface area contributed by atoms with E-state index in [1.54, 1.807) is 11.0 Å². The third-order valence-electron chi connectivity index (χ3n) is 1.99. The maximum absolute atomic E-state index is 4.27. The highest BCUT2D eigenvalue weighted by Crippen LogP contribution is 2.16. The molecule has 0 aliphatic rings. The van der Waals surface area contributed by atoms with E-state index in [9.17, 15) is 0 Å². The van der Waals surface area contributed by atoms with Crippen molar-refractivity contribution in [3.05, 3.63) is 17.7 Å². The van der Waals surface area contributed by atoms with Crippen LogP contribution in [-0.2, 0) is 7.05 Å². The number of aromatic nitrogens is 4. The molecule has 0 aliphatic heterocycles. The molecule has 62 valence electrons. The van der Waals surface area contributed by atoms with Crippen molar-refractivity contribution in [3.8, 4) is 0 Å². The summed E-state index contributed by atoms with van der Waals surface area (Å²) in [6, 6.07) is 0. The van der Waals surface area contributed by atoms with E-state index in [1.807, 2.05) is 20.9 Å². The van der Waals surface area contributed by atoms with Gasteiger partial charge in [0.05, 0.1) is 16.8 Å². The Morgan fingerprint density at radius 1 is 1.17 bits per heavy atom. The minimum absolute atomic E-state index is 0.903. The fourth-order valence-corrected chi connectivity index (χ4v) is 1.45. The Morgan fingerprint density at radius 3 is 2.58 bits per heavy atom. The maximum atomic E-state index is 4.27. The molecule has 0 saturated carbocycles. The van der Waals surface area contributed by atoms with Crippen molar-refractivity contribution < 1.29 is 0 Å². The van der Waals surface area contributed by atoms with Crippen molar-refractivity contribution >= 4 is 11.0 Å². The van der Waals surface area contributed by atoms with E-state index in [4.69, 9.17) is 0 Å². The molecule has 0 unspecified atom stereocenters. The topological polar surface area (TPSA) is 43.6 Å². The van der Waals surface area contributed by atoms with Crippen LogP contribution >= 0.6 is 0 Å². The summed E-state index contributed by atoms with van der Waals surface area (Å²) in [5.41, 5.74) is 2.89. The summed E-state index contributed by atoms with van der Waals surface area (Å²) in [6.07, 6.45) is 1.57. The van der Waals surface area contributed by atoms with Gasteiger partial charge in [-0.1, -0.05) is 0 Å². The monoisotopic (exact) mass is 162 g/mol. The van der Waals surface area contributed by atoms with Crippen LogP contribution in [0.2, 0.25) is 0 Å². The van der Waals surface area contributed by atoms with Gasteiger partial charge in [-0.15, -0.1) is 0 Å². The predicted molar refractivity (Wildman–Crippen MR) is 45.8 cm³/mol. The number of hydrogen-bond acceptors (Lipinski definition) is 3. The Bertz CT molecular complexity index is 430. The molecule has 2 rings (SSSR count). The molecule has 2 aromatic heterocycles. The first-order chi connectivity index (χ1) is 5.70. The van der Waals surface area contributed by atoms with Gasteiger partial charge in [0.2, 0.25) is 0 Å². The van der Waals surface area contributed by atoms with Gasteiger partial charge in [-0.05, 0) is 13.8 Å². The van der Waals surface area contributed by atoms with Crippen molar-refractivity contribution in [3.63, 3.8) is 0 Å². The molecule has 2 heterocycles. The second kappa shape index (κ2) is 2.27. The quantitative estimate of drug-likeness (QED) is 0.580. The Morgan fingerprint density at radius 2 is 1.92 bits per heavy atom. The molecule has 0 amide bonds. The van der Waals surface area contributed by atoms with Crippen LogP contribution in [0.5, 0.6) is 0 Å². The Kier molecular flexibility index (Phi) is 1.36. The smallest absolute Gasteiger partial charge is 0.161 e. The summed E-state index contributed by atoms with van der Waals surface area (Å²) >= 11 is 0. The second-order valence-electron chi connectivity index (χ2n) is 2.87. The fraction of sp³-hybridized carbons (Fsp3) is 0.375.